The fourth-order valence-electron chi connectivity index (χ4n) is 1.55. The molecular weight excluding hydrogens is 313 g/mol. The van der Waals surface area contributed by atoms with Gasteiger partial charge in [-0.25, -0.2) is 4.39 Å². The third kappa shape index (κ3) is 3.54. The van der Waals surface area contributed by atoms with Gasteiger partial charge in [0.2, 0.25) is 0 Å². The second kappa shape index (κ2) is 6.33. The average molecular weight is 324 g/mol. The molecule has 0 unspecified atom stereocenters. The summed E-state index contributed by atoms with van der Waals surface area (Å²) in [4.78, 5) is 12.0. The Labute approximate surface area is 118 Å². The van der Waals surface area contributed by atoms with Crippen LogP contribution in [-0.2, 0) is 0 Å². The van der Waals surface area contributed by atoms with E-state index in [1.165, 1.54) is 12.1 Å². The Kier molecular flexibility index (Phi) is 4.52. The summed E-state index contributed by atoms with van der Waals surface area (Å²) < 4.78 is 18.7. The Bertz CT molecular complexity index is 589. The summed E-state index contributed by atoms with van der Waals surface area (Å²) in [6.07, 6.45) is 0. The summed E-state index contributed by atoms with van der Waals surface area (Å²) in [5.41, 5.74) is 0.895. The van der Waals surface area contributed by atoms with E-state index in [0.717, 1.165) is 0 Å². The standard InChI is InChI=1S/C14H11BrFNO2/c15-9-19-11-5-3-4-10(8-11)14(18)17-13-7-2-1-6-12(13)16/h1-8H,9H2,(H,17,18). The average Bonchev–Trinajstić information content (AvgIpc) is 2.42. The van der Waals surface area contributed by atoms with Gasteiger partial charge in [-0.15, -0.1) is 0 Å². The van der Waals surface area contributed by atoms with Gasteiger partial charge in [-0.05, 0) is 46.3 Å². The minimum Gasteiger partial charge on any atom is -0.482 e. The summed E-state index contributed by atoms with van der Waals surface area (Å²) in [5.74, 6) is -0.285. The van der Waals surface area contributed by atoms with E-state index in [1.807, 2.05) is 0 Å². The highest BCUT2D eigenvalue weighted by atomic mass is 79.9. The van der Waals surface area contributed by atoms with Crippen molar-refractivity contribution in [2.45, 2.75) is 0 Å². The monoisotopic (exact) mass is 323 g/mol. The predicted molar refractivity (Wildman–Crippen MR) is 75.2 cm³/mol. The van der Waals surface area contributed by atoms with E-state index in [-0.39, 0.29) is 11.6 Å². The topological polar surface area (TPSA) is 38.3 Å². The number of hydrogen-bond donors (Lipinski definition) is 1. The van der Waals surface area contributed by atoms with Crippen LogP contribution >= 0.6 is 15.9 Å². The maximum atomic E-state index is 13.4. The van der Waals surface area contributed by atoms with Gasteiger partial charge in [0.1, 0.15) is 17.1 Å². The number of benzene rings is 2. The Balaban J connectivity index is 2.16. The lowest BCUT2D eigenvalue weighted by Crippen LogP contribution is -2.13. The van der Waals surface area contributed by atoms with Crippen molar-refractivity contribution in [3.63, 3.8) is 0 Å². The van der Waals surface area contributed by atoms with E-state index >= 15 is 0 Å². The Morgan fingerprint density at radius 1 is 1.21 bits per heavy atom. The third-order valence-corrected chi connectivity index (χ3v) is 2.67. The van der Waals surface area contributed by atoms with Crippen LogP contribution in [0.3, 0.4) is 0 Å². The molecule has 0 atom stereocenters. The van der Waals surface area contributed by atoms with Gasteiger partial charge < -0.3 is 10.1 Å². The minimum absolute atomic E-state index is 0.152. The molecule has 2 aromatic rings. The SMILES string of the molecule is O=C(Nc1ccccc1F)c1cccc(OCBr)c1. The van der Waals surface area contributed by atoms with Crippen LogP contribution in [0.4, 0.5) is 10.1 Å². The van der Waals surface area contributed by atoms with Crippen LogP contribution in [-0.4, -0.2) is 11.4 Å². The quantitative estimate of drug-likeness (QED) is 0.869. The lowest BCUT2D eigenvalue weighted by atomic mass is 10.2. The zero-order valence-electron chi connectivity index (χ0n) is 9.90. The van der Waals surface area contributed by atoms with Crippen LogP contribution in [0.15, 0.2) is 48.5 Å². The highest BCUT2D eigenvalue weighted by Gasteiger charge is 2.09. The number of carbonyl (C=O) groups excluding carboxylic acids is 1. The van der Waals surface area contributed by atoms with E-state index in [2.05, 4.69) is 21.2 Å². The highest BCUT2D eigenvalue weighted by molar-refractivity contribution is 9.09. The fraction of sp³-hybridized carbons (Fsp3) is 0.0714. The predicted octanol–water partition coefficient (Wildman–Crippen LogP) is 3.81. The molecule has 2 rings (SSSR count). The van der Waals surface area contributed by atoms with Gasteiger partial charge in [0, 0.05) is 5.56 Å². The molecule has 0 aliphatic rings. The van der Waals surface area contributed by atoms with Crippen LogP contribution in [0.5, 0.6) is 5.75 Å². The number of halogens is 2. The Morgan fingerprint density at radius 3 is 2.74 bits per heavy atom. The summed E-state index contributed by atoms with van der Waals surface area (Å²) in [5, 5.41) is 2.51. The minimum atomic E-state index is -0.469. The number of rotatable bonds is 4. The number of ether oxygens (including phenoxy) is 1. The van der Waals surface area contributed by atoms with Crippen molar-refractivity contribution in [2.24, 2.45) is 0 Å². The van der Waals surface area contributed by atoms with Gasteiger partial charge >= 0.3 is 0 Å². The number of anilines is 1. The first-order valence-corrected chi connectivity index (χ1v) is 6.67. The van der Waals surface area contributed by atoms with Crippen molar-refractivity contribution in [3.8, 4) is 5.75 Å². The molecule has 19 heavy (non-hydrogen) atoms. The van der Waals surface area contributed by atoms with Crippen LogP contribution in [0.2, 0.25) is 0 Å². The highest BCUT2D eigenvalue weighted by Crippen LogP contribution is 2.17. The van der Waals surface area contributed by atoms with Crippen molar-refractivity contribution in [1.29, 1.82) is 0 Å². The zero-order chi connectivity index (χ0) is 13.7. The lowest BCUT2D eigenvalue weighted by Gasteiger charge is -2.07. The smallest absolute Gasteiger partial charge is 0.255 e. The molecule has 98 valence electrons. The summed E-state index contributed by atoms with van der Waals surface area (Å²) in [6, 6.07) is 12.7. The second-order valence-corrected chi connectivity index (χ2v) is 4.17. The Morgan fingerprint density at radius 2 is 2.00 bits per heavy atom. The molecule has 0 radical (unpaired) electrons. The normalized spacial score (nSPS) is 10.0. The molecule has 1 N–H and O–H groups in total. The first kappa shape index (κ1) is 13.5. The molecule has 3 nitrogen and oxygen atoms in total. The van der Waals surface area contributed by atoms with Crippen molar-refractivity contribution >= 4 is 27.5 Å². The number of para-hydroxylation sites is 1. The van der Waals surface area contributed by atoms with Crippen LogP contribution in [0, 0.1) is 5.82 Å². The van der Waals surface area contributed by atoms with Gasteiger partial charge in [-0.1, -0.05) is 18.2 Å². The zero-order valence-corrected chi connectivity index (χ0v) is 11.5. The van der Waals surface area contributed by atoms with Crippen LogP contribution < -0.4 is 10.1 Å². The summed E-state index contributed by atoms with van der Waals surface area (Å²) >= 11 is 3.14. The molecule has 0 bridgehead atoms. The van der Waals surface area contributed by atoms with Gasteiger partial charge in [0.05, 0.1) is 5.69 Å². The number of carbonyl (C=O) groups is 1. The molecule has 0 saturated heterocycles. The maximum Gasteiger partial charge on any atom is 0.255 e. The number of nitrogens with one attached hydrogen (secondary N) is 1. The van der Waals surface area contributed by atoms with E-state index in [9.17, 15) is 9.18 Å². The number of hydrogen-bond acceptors (Lipinski definition) is 2. The van der Waals surface area contributed by atoms with Gasteiger partial charge in [-0.2, -0.15) is 0 Å². The largest absolute Gasteiger partial charge is 0.482 e. The van der Waals surface area contributed by atoms with Gasteiger partial charge in [0.25, 0.3) is 5.91 Å². The molecule has 5 heteroatoms. The van der Waals surface area contributed by atoms with Crippen molar-refractivity contribution in [3.05, 3.63) is 59.9 Å². The van der Waals surface area contributed by atoms with Crippen LogP contribution in [0.1, 0.15) is 10.4 Å². The second-order valence-electron chi connectivity index (χ2n) is 3.72. The molecule has 0 fully saturated rings. The first-order chi connectivity index (χ1) is 9.20. The van der Waals surface area contributed by atoms with E-state index in [1.54, 1.807) is 36.4 Å². The molecule has 2 aromatic carbocycles. The van der Waals surface area contributed by atoms with Crippen molar-refractivity contribution in [1.82, 2.24) is 0 Å². The molecule has 0 aromatic heterocycles. The van der Waals surface area contributed by atoms with Crippen LogP contribution in [0.25, 0.3) is 0 Å². The molecule has 1 amide bonds. The fourth-order valence-corrected chi connectivity index (χ4v) is 1.81. The third-order valence-electron chi connectivity index (χ3n) is 2.44. The Hall–Kier alpha value is -1.88. The summed E-state index contributed by atoms with van der Waals surface area (Å²) in [6.45, 7) is 0. The van der Waals surface area contributed by atoms with E-state index < -0.39 is 5.82 Å². The van der Waals surface area contributed by atoms with Crippen molar-refractivity contribution in [2.75, 3.05) is 10.8 Å². The molecule has 0 spiro atoms. The first-order valence-electron chi connectivity index (χ1n) is 5.55. The molecular formula is C14H11BrFNO2. The lowest BCUT2D eigenvalue weighted by molar-refractivity contribution is 0.102. The number of alkyl halides is 1. The van der Waals surface area contributed by atoms with E-state index in [4.69, 9.17) is 4.74 Å². The summed E-state index contributed by atoms with van der Waals surface area (Å²) in [7, 11) is 0. The molecule has 0 aliphatic carbocycles. The number of amides is 1. The van der Waals surface area contributed by atoms with Gasteiger partial charge in [-0.3, -0.25) is 4.79 Å². The van der Waals surface area contributed by atoms with Gasteiger partial charge in [0.15, 0.2) is 0 Å². The molecule has 0 heterocycles. The van der Waals surface area contributed by atoms with E-state index in [0.29, 0.717) is 16.8 Å². The molecule has 0 saturated carbocycles. The maximum absolute atomic E-state index is 13.4. The van der Waals surface area contributed by atoms with Crippen molar-refractivity contribution < 1.29 is 13.9 Å². The molecule has 0 aliphatic heterocycles.